The highest BCUT2D eigenvalue weighted by atomic mass is 32.1. The summed E-state index contributed by atoms with van der Waals surface area (Å²) in [7, 11) is 0. The topological polar surface area (TPSA) is 71.1 Å². The molecule has 1 aliphatic rings. The van der Waals surface area contributed by atoms with Crippen molar-refractivity contribution in [2.75, 3.05) is 10.6 Å². The van der Waals surface area contributed by atoms with Crippen LogP contribution < -0.4 is 10.6 Å². The molecule has 0 saturated heterocycles. The van der Waals surface area contributed by atoms with Crippen molar-refractivity contribution in [3.8, 4) is 9.88 Å². The van der Waals surface area contributed by atoms with Gasteiger partial charge in [0.25, 0.3) is 5.91 Å². The van der Waals surface area contributed by atoms with E-state index in [-0.39, 0.29) is 11.8 Å². The molecule has 5 nitrogen and oxygen atoms in total. The summed E-state index contributed by atoms with van der Waals surface area (Å²) < 4.78 is 0. The van der Waals surface area contributed by atoms with Crippen LogP contribution in [0.2, 0.25) is 0 Å². The molecule has 0 radical (unpaired) electrons. The highest BCUT2D eigenvalue weighted by Gasteiger charge is 2.18. The maximum absolute atomic E-state index is 12.3. The fraction of sp³-hybridized carbons (Fsp3) is 0.0625. The lowest BCUT2D eigenvalue weighted by Gasteiger charge is -2.05. The van der Waals surface area contributed by atoms with Gasteiger partial charge in [-0.2, -0.15) is 0 Å². The molecule has 3 aromatic rings. The predicted molar refractivity (Wildman–Crippen MR) is 92.2 cm³/mol. The predicted octanol–water partition coefficient (Wildman–Crippen LogP) is 3.62. The van der Waals surface area contributed by atoms with E-state index in [1.807, 2.05) is 23.6 Å². The van der Waals surface area contributed by atoms with Crippen molar-refractivity contribution in [1.29, 1.82) is 0 Å². The third-order valence-electron chi connectivity index (χ3n) is 3.45. The average Bonchev–Trinajstić information content (AvgIpc) is 3.26. The van der Waals surface area contributed by atoms with Crippen LogP contribution in [0.15, 0.2) is 41.9 Å². The summed E-state index contributed by atoms with van der Waals surface area (Å²) in [4.78, 5) is 29.6. The van der Waals surface area contributed by atoms with Gasteiger partial charge in [0.1, 0.15) is 9.88 Å². The molecule has 0 spiro atoms. The number of fused-ring (bicyclic) bond motifs is 1. The van der Waals surface area contributed by atoms with Crippen LogP contribution in [0.1, 0.15) is 15.2 Å². The monoisotopic (exact) mass is 341 g/mol. The summed E-state index contributed by atoms with van der Waals surface area (Å²) in [6.45, 7) is 0. The number of hydrogen-bond donors (Lipinski definition) is 2. The van der Waals surface area contributed by atoms with E-state index in [2.05, 4.69) is 15.6 Å². The molecule has 1 aromatic carbocycles. The molecule has 23 heavy (non-hydrogen) atoms. The highest BCUT2D eigenvalue weighted by molar-refractivity contribution is 7.22. The molecule has 7 heteroatoms. The Hall–Kier alpha value is -2.51. The average molecular weight is 341 g/mol. The number of anilines is 2. The summed E-state index contributed by atoms with van der Waals surface area (Å²) in [5.41, 5.74) is 2.39. The first kappa shape index (κ1) is 14.1. The van der Waals surface area contributed by atoms with Gasteiger partial charge in [-0.3, -0.25) is 9.59 Å². The number of benzene rings is 1. The third kappa shape index (κ3) is 2.76. The van der Waals surface area contributed by atoms with E-state index in [1.165, 1.54) is 11.3 Å². The van der Waals surface area contributed by atoms with Gasteiger partial charge in [0.15, 0.2) is 0 Å². The van der Waals surface area contributed by atoms with Crippen LogP contribution in [0, 0.1) is 0 Å². The van der Waals surface area contributed by atoms with Crippen LogP contribution in [-0.2, 0) is 11.2 Å². The van der Waals surface area contributed by atoms with Crippen LogP contribution in [0.4, 0.5) is 11.4 Å². The van der Waals surface area contributed by atoms with Crippen LogP contribution >= 0.6 is 22.7 Å². The number of carbonyl (C=O) groups is 2. The SMILES string of the molecule is O=C1Cc2cc(NC(=O)c3cnc(-c4cccs4)s3)ccc2N1. The standard InChI is InChI=1S/C16H11N3O2S2/c20-14-7-9-6-10(3-4-11(9)19-14)18-15(21)13-8-17-16(23-13)12-2-1-5-22-12/h1-6,8H,7H2,(H,18,21)(H,19,20). The lowest BCUT2D eigenvalue weighted by atomic mass is 10.1. The van der Waals surface area contributed by atoms with E-state index in [4.69, 9.17) is 0 Å². The number of nitrogens with zero attached hydrogens (tertiary/aromatic N) is 1. The minimum atomic E-state index is -0.192. The van der Waals surface area contributed by atoms with Gasteiger partial charge in [0.2, 0.25) is 5.91 Å². The van der Waals surface area contributed by atoms with Gasteiger partial charge in [0, 0.05) is 11.4 Å². The van der Waals surface area contributed by atoms with Crippen LogP contribution in [0.25, 0.3) is 9.88 Å². The quantitative estimate of drug-likeness (QED) is 0.764. The molecule has 0 fully saturated rings. The highest BCUT2D eigenvalue weighted by Crippen LogP contribution is 2.30. The Morgan fingerprint density at radius 1 is 1.30 bits per heavy atom. The summed E-state index contributed by atoms with van der Waals surface area (Å²) in [6, 6.07) is 9.35. The van der Waals surface area contributed by atoms with Crippen LogP contribution in [0.5, 0.6) is 0 Å². The summed E-state index contributed by atoms with van der Waals surface area (Å²) >= 11 is 2.96. The molecule has 3 heterocycles. The fourth-order valence-electron chi connectivity index (χ4n) is 2.39. The summed E-state index contributed by atoms with van der Waals surface area (Å²) in [6.07, 6.45) is 1.94. The first-order chi connectivity index (χ1) is 11.2. The molecule has 0 unspecified atom stereocenters. The second-order valence-electron chi connectivity index (χ2n) is 5.06. The van der Waals surface area contributed by atoms with E-state index in [9.17, 15) is 9.59 Å². The number of aromatic nitrogens is 1. The van der Waals surface area contributed by atoms with Gasteiger partial charge in [0.05, 0.1) is 17.5 Å². The van der Waals surface area contributed by atoms with E-state index in [0.717, 1.165) is 21.1 Å². The van der Waals surface area contributed by atoms with Crippen molar-refractivity contribution < 1.29 is 9.59 Å². The van der Waals surface area contributed by atoms with Gasteiger partial charge in [-0.15, -0.1) is 22.7 Å². The van der Waals surface area contributed by atoms with Crippen LogP contribution in [0.3, 0.4) is 0 Å². The normalized spacial score (nSPS) is 12.8. The molecule has 2 N–H and O–H groups in total. The van der Waals surface area contributed by atoms with Gasteiger partial charge < -0.3 is 10.6 Å². The van der Waals surface area contributed by atoms with Gasteiger partial charge in [-0.25, -0.2) is 4.98 Å². The molecule has 2 aromatic heterocycles. The number of nitrogens with one attached hydrogen (secondary N) is 2. The Kier molecular flexibility index (Phi) is 3.44. The van der Waals surface area contributed by atoms with Crippen molar-refractivity contribution in [3.63, 3.8) is 0 Å². The maximum Gasteiger partial charge on any atom is 0.267 e. The van der Waals surface area contributed by atoms with E-state index in [1.54, 1.807) is 29.7 Å². The minimum absolute atomic E-state index is 0.0217. The third-order valence-corrected chi connectivity index (χ3v) is 5.48. The second-order valence-corrected chi connectivity index (χ2v) is 7.04. The molecular formula is C16H11N3O2S2. The molecular weight excluding hydrogens is 330 g/mol. The number of hydrogen-bond acceptors (Lipinski definition) is 5. The Bertz CT molecular complexity index is 900. The van der Waals surface area contributed by atoms with Gasteiger partial charge in [-0.1, -0.05) is 6.07 Å². The van der Waals surface area contributed by atoms with Crippen molar-refractivity contribution in [1.82, 2.24) is 4.98 Å². The smallest absolute Gasteiger partial charge is 0.267 e. The number of thiophene rings is 1. The number of rotatable bonds is 3. The molecule has 0 bridgehead atoms. The Morgan fingerprint density at radius 2 is 2.22 bits per heavy atom. The molecule has 0 atom stereocenters. The molecule has 1 aliphatic heterocycles. The Labute approximate surface area is 140 Å². The molecule has 0 saturated carbocycles. The summed E-state index contributed by atoms with van der Waals surface area (Å²) in [5, 5.41) is 8.45. The number of carbonyl (C=O) groups excluding carboxylic acids is 2. The zero-order chi connectivity index (χ0) is 15.8. The van der Waals surface area contributed by atoms with Crippen LogP contribution in [-0.4, -0.2) is 16.8 Å². The van der Waals surface area contributed by atoms with E-state index >= 15 is 0 Å². The van der Waals surface area contributed by atoms with Gasteiger partial charge in [-0.05, 0) is 35.2 Å². The largest absolute Gasteiger partial charge is 0.326 e. The molecule has 4 rings (SSSR count). The fourth-order valence-corrected chi connectivity index (χ4v) is 4.01. The zero-order valence-corrected chi connectivity index (χ0v) is 13.5. The Balaban J connectivity index is 1.52. The summed E-state index contributed by atoms with van der Waals surface area (Å²) in [5.74, 6) is -0.214. The number of amides is 2. The first-order valence-corrected chi connectivity index (χ1v) is 8.62. The van der Waals surface area contributed by atoms with Crippen molar-refractivity contribution in [3.05, 3.63) is 52.3 Å². The molecule has 0 aliphatic carbocycles. The lowest BCUT2D eigenvalue weighted by molar-refractivity contribution is -0.115. The zero-order valence-electron chi connectivity index (χ0n) is 11.8. The van der Waals surface area contributed by atoms with E-state index in [0.29, 0.717) is 17.0 Å². The van der Waals surface area contributed by atoms with Crippen molar-refractivity contribution in [2.24, 2.45) is 0 Å². The molecule has 2 amide bonds. The van der Waals surface area contributed by atoms with E-state index < -0.39 is 0 Å². The minimum Gasteiger partial charge on any atom is -0.326 e. The maximum atomic E-state index is 12.3. The number of thiazole rings is 1. The Morgan fingerprint density at radius 3 is 3.04 bits per heavy atom. The first-order valence-electron chi connectivity index (χ1n) is 6.93. The van der Waals surface area contributed by atoms with Crippen molar-refractivity contribution >= 4 is 45.9 Å². The molecule has 114 valence electrons. The lowest BCUT2D eigenvalue weighted by Crippen LogP contribution is -2.10. The van der Waals surface area contributed by atoms with Gasteiger partial charge >= 0.3 is 0 Å². The second kappa shape index (κ2) is 5.60. The van der Waals surface area contributed by atoms with Crippen molar-refractivity contribution in [2.45, 2.75) is 6.42 Å².